The van der Waals surface area contributed by atoms with Crippen molar-refractivity contribution in [2.45, 2.75) is 18.0 Å². The Morgan fingerprint density at radius 3 is 2.27 bits per heavy atom. The number of rotatable bonds is 5. The van der Waals surface area contributed by atoms with Gasteiger partial charge in [0.2, 0.25) is 10.0 Å². The van der Waals surface area contributed by atoms with Crippen LogP contribution in [0, 0.1) is 0 Å². The first-order valence-corrected chi connectivity index (χ1v) is 10.7. The second-order valence-electron chi connectivity index (χ2n) is 6.54. The molecule has 0 saturated carbocycles. The van der Waals surface area contributed by atoms with Crippen LogP contribution >= 0.6 is 11.6 Å². The highest BCUT2D eigenvalue weighted by Gasteiger charge is 2.35. The van der Waals surface area contributed by atoms with Gasteiger partial charge in [-0.15, -0.1) is 0 Å². The van der Waals surface area contributed by atoms with Gasteiger partial charge in [-0.3, -0.25) is 0 Å². The van der Waals surface area contributed by atoms with Crippen LogP contribution in [-0.4, -0.2) is 31.8 Å². The summed E-state index contributed by atoms with van der Waals surface area (Å²) >= 11 is 6.34. The highest BCUT2D eigenvalue weighted by molar-refractivity contribution is 7.89. The molecule has 0 saturated heterocycles. The van der Waals surface area contributed by atoms with Crippen LogP contribution in [0.2, 0.25) is 5.02 Å². The molecule has 0 fully saturated rings. The summed E-state index contributed by atoms with van der Waals surface area (Å²) in [7, 11) is -2.09. The maximum Gasteiger partial charge on any atom is 0.435 e. The second-order valence-corrected chi connectivity index (χ2v) is 8.51. The van der Waals surface area contributed by atoms with Gasteiger partial charge in [-0.1, -0.05) is 17.7 Å². The molecule has 3 aromatic rings. The van der Waals surface area contributed by atoms with Crippen LogP contribution in [0.4, 0.5) is 18.9 Å². The maximum atomic E-state index is 13.3. The molecule has 2 aromatic carbocycles. The molecule has 0 atom stereocenters. The molecule has 0 spiro atoms. The molecule has 2 N–H and O–H groups in total. The summed E-state index contributed by atoms with van der Waals surface area (Å²) in [5.74, 6) is 0. The lowest BCUT2D eigenvalue weighted by Crippen LogP contribution is -2.16. The first-order chi connectivity index (χ1) is 13.9. The monoisotopic (exact) mass is 458 g/mol. The largest absolute Gasteiger partial charge is 0.435 e. The van der Waals surface area contributed by atoms with Crippen molar-refractivity contribution in [2.24, 2.45) is 5.14 Å². The van der Waals surface area contributed by atoms with Crippen molar-refractivity contribution in [3.05, 3.63) is 59.2 Å². The van der Waals surface area contributed by atoms with Gasteiger partial charge in [0.1, 0.15) is 0 Å². The van der Waals surface area contributed by atoms with E-state index >= 15 is 0 Å². The van der Waals surface area contributed by atoms with Crippen molar-refractivity contribution in [1.29, 1.82) is 0 Å². The van der Waals surface area contributed by atoms with E-state index in [2.05, 4.69) is 5.10 Å². The number of nitrogens with two attached hydrogens (primary N) is 1. The molecular formula is C19H18ClF3N4O2S. The number of halogens is 4. The molecule has 6 nitrogen and oxygen atoms in total. The second kappa shape index (κ2) is 7.93. The van der Waals surface area contributed by atoms with Crippen molar-refractivity contribution >= 4 is 27.3 Å². The van der Waals surface area contributed by atoms with Crippen molar-refractivity contribution < 1.29 is 21.6 Å². The van der Waals surface area contributed by atoms with Gasteiger partial charge in [0.25, 0.3) is 0 Å². The Morgan fingerprint density at radius 1 is 1.13 bits per heavy atom. The third kappa shape index (κ3) is 4.45. The van der Waals surface area contributed by atoms with Crippen molar-refractivity contribution in [3.8, 4) is 16.9 Å². The zero-order valence-corrected chi connectivity index (χ0v) is 17.6. The normalized spacial score (nSPS) is 12.2. The molecule has 3 rings (SSSR count). The molecule has 11 heteroatoms. The fraction of sp³-hybridized carbons (Fsp3) is 0.211. The van der Waals surface area contributed by atoms with E-state index in [1.165, 1.54) is 24.3 Å². The molecule has 0 bridgehead atoms. The molecule has 0 radical (unpaired) electrons. The van der Waals surface area contributed by atoms with Gasteiger partial charge in [0.15, 0.2) is 5.69 Å². The van der Waals surface area contributed by atoms with Crippen LogP contribution in [0.15, 0.2) is 53.4 Å². The summed E-state index contributed by atoms with van der Waals surface area (Å²) in [6, 6.07) is 10.9. The number of primary sulfonamides is 1. The third-order valence-electron chi connectivity index (χ3n) is 4.54. The number of aromatic nitrogens is 2. The number of hydrogen-bond acceptors (Lipinski definition) is 4. The third-order valence-corrected chi connectivity index (χ3v) is 5.77. The fourth-order valence-electron chi connectivity index (χ4n) is 2.85. The number of alkyl halides is 3. The number of benzene rings is 2. The summed E-state index contributed by atoms with van der Waals surface area (Å²) in [5.41, 5.74) is 0.463. The van der Waals surface area contributed by atoms with E-state index in [1.54, 1.807) is 18.2 Å². The van der Waals surface area contributed by atoms with Crippen LogP contribution in [0.3, 0.4) is 0 Å². The van der Waals surface area contributed by atoms with Gasteiger partial charge in [-0.2, -0.15) is 18.3 Å². The minimum Gasteiger partial charge on any atom is -0.374 e. The van der Waals surface area contributed by atoms with E-state index < -0.39 is 21.9 Å². The fourth-order valence-corrected chi connectivity index (χ4v) is 3.69. The van der Waals surface area contributed by atoms with Crippen molar-refractivity contribution in [2.75, 3.05) is 18.5 Å². The molecule has 0 amide bonds. The first kappa shape index (κ1) is 22.1. The van der Waals surface area contributed by atoms with Gasteiger partial charge in [0.05, 0.1) is 27.0 Å². The van der Waals surface area contributed by atoms with Crippen molar-refractivity contribution in [3.63, 3.8) is 0 Å². The lowest BCUT2D eigenvalue weighted by Gasteiger charge is -2.19. The molecule has 160 valence electrons. The maximum absolute atomic E-state index is 13.3. The van der Waals surface area contributed by atoms with Gasteiger partial charge in [-0.05, 0) is 49.4 Å². The highest BCUT2D eigenvalue weighted by Crippen LogP contribution is 2.36. The van der Waals surface area contributed by atoms with Gasteiger partial charge < -0.3 is 4.90 Å². The van der Waals surface area contributed by atoms with Gasteiger partial charge in [0, 0.05) is 19.2 Å². The van der Waals surface area contributed by atoms with E-state index in [-0.39, 0.29) is 16.3 Å². The SMILES string of the molecule is CCN(C)c1ccc(-c2cc(C(F)(F)F)nn2-c2ccc(S(N)(=O)=O)cc2)cc1Cl. The van der Waals surface area contributed by atoms with Gasteiger partial charge in [-0.25, -0.2) is 18.2 Å². The minimum absolute atomic E-state index is 0.151. The van der Waals surface area contributed by atoms with E-state index in [4.69, 9.17) is 16.7 Å². The number of anilines is 1. The van der Waals surface area contributed by atoms with E-state index in [1.807, 2.05) is 18.9 Å². The average Bonchev–Trinajstić information content (AvgIpc) is 3.12. The summed E-state index contributed by atoms with van der Waals surface area (Å²) in [5, 5.41) is 9.14. The summed E-state index contributed by atoms with van der Waals surface area (Å²) in [6.45, 7) is 2.64. The molecule has 30 heavy (non-hydrogen) atoms. The smallest absolute Gasteiger partial charge is 0.374 e. The van der Waals surface area contributed by atoms with Gasteiger partial charge >= 0.3 is 6.18 Å². The Morgan fingerprint density at radius 2 is 1.77 bits per heavy atom. The highest BCUT2D eigenvalue weighted by atomic mass is 35.5. The molecule has 1 heterocycles. The quantitative estimate of drug-likeness (QED) is 0.617. The summed E-state index contributed by atoms with van der Waals surface area (Å²) < 4.78 is 63.9. The molecule has 0 aliphatic rings. The molecule has 0 aliphatic carbocycles. The number of nitrogens with zero attached hydrogens (tertiary/aromatic N) is 3. The zero-order valence-electron chi connectivity index (χ0n) is 16.0. The lowest BCUT2D eigenvalue weighted by molar-refractivity contribution is -0.141. The molecule has 0 aliphatic heterocycles. The molecule has 0 unspecified atom stereocenters. The number of sulfonamides is 1. The summed E-state index contributed by atoms with van der Waals surface area (Å²) in [4.78, 5) is 1.74. The average molecular weight is 459 g/mol. The predicted molar refractivity (Wildman–Crippen MR) is 109 cm³/mol. The Bertz CT molecular complexity index is 1180. The predicted octanol–water partition coefficient (Wildman–Crippen LogP) is 4.32. The minimum atomic E-state index is -4.66. The van der Waals surface area contributed by atoms with E-state index in [9.17, 15) is 21.6 Å². The van der Waals surface area contributed by atoms with E-state index in [0.717, 1.165) is 16.4 Å². The standard InChI is InChI=1S/C19H18ClF3N4O2S/c1-3-26(2)16-9-4-12(10-15(16)20)17-11-18(19(21,22)23)25-27(17)13-5-7-14(8-6-13)30(24,28)29/h4-11H,3H2,1-2H3,(H2,24,28,29). The summed E-state index contributed by atoms with van der Waals surface area (Å²) in [6.07, 6.45) is -4.66. The van der Waals surface area contributed by atoms with Crippen LogP contribution in [0.25, 0.3) is 16.9 Å². The Labute approximate surface area is 176 Å². The Kier molecular flexibility index (Phi) is 5.85. The molecule has 1 aromatic heterocycles. The van der Waals surface area contributed by atoms with Crippen LogP contribution < -0.4 is 10.0 Å². The van der Waals surface area contributed by atoms with Crippen LogP contribution in [0.5, 0.6) is 0 Å². The van der Waals surface area contributed by atoms with Crippen molar-refractivity contribution in [1.82, 2.24) is 9.78 Å². The number of hydrogen-bond donors (Lipinski definition) is 1. The molecular weight excluding hydrogens is 441 g/mol. The first-order valence-electron chi connectivity index (χ1n) is 8.73. The zero-order chi connectivity index (χ0) is 22.3. The topological polar surface area (TPSA) is 81.2 Å². The Hall–Kier alpha value is -2.56. The van der Waals surface area contributed by atoms with Crippen LogP contribution in [-0.2, 0) is 16.2 Å². The van der Waals surface area contributed by atoms with E-state index in [0.29, 0.717) is 17.1 Å². The Balaban J connectivity index is 2.15. The van der Waals surface area contributed by atoms with Crippen LogP contribution in [0.1, 0.15) is 12.6 Å². The lowest BCUT2D eigenvalue weighted by atomic mass is 10.1.